The van der Waals surface area contributed by atoms with Gasteiger partial charge in [0.15, 0.2) is 11.5 Å². The summed E-state index contributed by atoms with van der Waals surface area (Å²) in [4.78, 5) is 20.8. The van der Waals surface area contributed by atoms with Crippen molar-refractivity contribution in [3.63, 3.8) is 0 Å². The van der Waals surface area contributed by atoms with Crippen LogP contribution in [0.2, 0.25) is 0 Å². The van der Waals surface area contributed by atoms with Gasteiger partial charge < -0.3 is 19.2 Å². The molecule has 3 rings (SSSR count). The molecule has 0 aliphatic rings. The molecule has 0 aliphatic carbocycles. The van der Waals surface area contributed by atoms with Crippen LogP contribution in [0, 0.1) is 18.3 Å². The highest BCUT2D eigenvalue weighted by molar-refractivity contribution is 7.19. The Bertz CT molecular complexity index is 1050. The minimum atomic E-state index is -0.243. The molecule has 1 aromatic carbocycles. The van der Waals surface area contributed by atoms with E-state index in [2.05, 4.69) is 16.0 Å². The third-order valence-electron chi connectivity index (χ3n) is 4.05. The molecule has 0 saturated heterocycles. The van der Waals surface area contributed by atoms with Crippen LogP contribution in [0.3, 0.4) is 0 Å². The second-order valence-corrected chi connectivity index (χ2v) is 6.57. The summed E-state index contributed by atoms with van der Waals surface area (Å²) in [7, 11) is 4.63. The molecule has 0 aliphatic heterocycles. The first-order chi connectivity index (χ1) is 12.5. The molecule has 134 valence electrons. The molecular weight excluding hydrogens is 354 g/mol. The molecule has 0 atom stereocenters. The summed E-state index contributed by atoms with van der Waals surface area (Å²) in [6.07, 6.45) is 0.376. The molecule has 7 nitrogen and oxygen atoms in total. The fraction of sp³-hybridized carbons (Fsp3) is 0.278. The van der Waals surface area contributed by atoms with E-state index >= 15 is 0 Å². The van der Waals surface area contributed by atoms with E-state index in [1.807, 2.05) is 12.1 Å². The first-order valence-electron chi connectivity index (χ1n) is 7.73. The Kier molecular flexibility index (Phi) is 4.82. The SMILES string of the molecule is COc1cc(Cc2nc3sc(C#N)c(C)c3c(=O)[nH]2)cc(OC)c1OC. The zero-order valence-electron chi connectivity index (χ0n) is 14.8. The normalized spacial score (nSPS) is 10.6. The average molecular weight is 371 g/mol. The molecule has 0 unspecified atom stereocenters. The van der Waals surface area contributed by atoms with E-state index in [1.54, 1.807) is 28.3 Å². The lowest BCUT2D eigenvalue weighted by molar-refractivity contribution is 0.324. The zero-order chi connectivity index (χ0) is 18.8. The van der Waals surface area contributed by atoms with E-state index in [0.29, 0.717) is 50.2 Å². The molecular formula is C18H17N3O4S. The molecule has 26 heavy (non-hydrogen) atoms. The lowest BCUT2D eigenvalue weighted by Crippen LogP contribution is -2.12. The van der Waals surface area contributed by atoms with Crippen LogP contribution >= 0.6 is 11.3 Å². The highest BCUT2D eigenvalue weighted by atomic mass is 32.1. The Morgan fingerprint density at radius 3 is 2.38 bits per heavy atom. The molecule has 0 radical (unpaired) electrons. The number of rotatable bonds is 5. The third kappa shape index (κ3) is 2.97. The summed E-state index contributed by atoms with van der Waals surface area (Å²) in [5.74, 6) is 2.07. The highest BCUT2D eigenvalue weighted by Crippen LogP contribution is 2.38. The van der Waals surface area contributed by atoms with Crippen LogP contribution < -0.4 is 19.8 Å². The maximum atomic E-state index is 12.4. The smallest absolute Gasteiger partial charge is 0.259 e. The Morgan fingerprint density at radius 1 is 1.19 bits per heavy atom. The average Bonchev–Trinajstić information content (AvgIpc) is 2.96. The first-order valence-corrected chi connectivity index (χ1v) is 8.55. The van der Waals surface area contributed by atoms with Crippen LogP contribution in [-0.4, -0.2) is 31.3 Å². The van der Waals surface area contributed by atoms with Crippen molar-refractivity contribution >= 4 is 21.6 Å². The van der Waals surface area contributed by atoms with Gasteiger partial charge in [-0.1, -0.05) is 0 Å². The van der Waals surface area contributed by atoms with Crippen molar-refractivity contribution in [2.24, 2.45) is 0 Å². The summed E-state index contributed by atoms with van der Waals surface area (Å²) in [6, 6.07) is 5.73. The zero-order valence-corrected chi connectivity index (χ0v) is 15.6. The Hall–Kier alpha value is -3.05. The van der Waals surface area contributed by atoms with Crippen LogP contribution in [0.5, 0.6) is 17.2 Å². The number of thiophene rings is 1. The molecule has 2 heterocycles. The monoisotopic (exact) mass is 371 g/mol. The fourth-order valence-electron chi connectivity index (χ4n) is 2.81. The Balaban J connectivity index is 2.07. The summed E-state index contributed by atoms with van der Waals surface area (Å²) in [6.45, 7) is 1.76. The molecule has 0 fully saturated rings. The second-order valence-electron chi connectivity index (χ2n) is 5.57. The molecule has 8 heteroatoms. The number of benzene rings is 1. The van der Waals surface area contributed by atoms with Crippen LogP contribution in [0.4, 0.5) is 0 Å². The number of hydrogen-bond donors (Lipinski definition) is 1. The molecule has 1 N–H and O–H groups in total. The largest absolute Gasteiger partial charge is 0.493 e. The standard InChI is InChI=1S/C18H17N3O4S/c1-9-13(8-19)26-18-15(9)17(22)20-14(21-18)7-10-5-11(23-2)16(25-4)12(6-10)24-3/h5-6H,7H2,1-4H3,(H,20,21,22). The van der Waals surface area contributed by atoms with E-state index < -0.39 is 0 Å². The highest BCUT2D eigenvalue weighted by Gasteiger charge is 2.16. The quantitative estimate of drug-likeness (QED) is 0.741. The number of aromatic nitrogens is 2. The Labute approximate surface area is 153 Å². The minimum Gasteiger partial charge on any atom is -0.493 e. The maximum Gasteiger partial charge on any atom is 0.259 e. The minimum absolute atomic E-state index is 0.243. The third-order valence-corrected chi connectivity index (χ3v) is 5.14. The van der Waals surface area contributed by atoms with Gasteiger partial charge in [0.2, 0.25) is 5.75 Å². The van der Waals surface area contributed by atoms with Crippen molar-refractivity contribution < 1.29 is 14.2 Å². The lowest BCUT2D eigenvalue weighted by Gasteiger charge is -2.14. The number of nitrogens with one attached hydrogen (secondary N) is 1. The topological polar surface area (TPSA) is 97.2 Å². The van der Waals surface area contributed by atoms with Crippen molar-refractivity contribution in [3.8, 4) is 23.3 Å². The van der Waals surface area contributed by atoms with Gasteiger partial charge in [0, 0.05) is 6.42 Å². The molecule has 0 amide bonds. The van der Waals surface area contributed by atoms with E-state index in [1.165, 1.54) is 11.3 Å². The van der Waals surface area contributed by atoms with Crippen LogP contribution in [0.15, 0.2) is 16.9 Å². The van der Waals surface area contributed by atoms with Crippen LogP contribution in [-0.2, 0) is 6.42 Å². The van der Waals surface area contributed by atoms with Gasteiger partial charge in [0.05, 0.1) is 26.7 Å². The summed E-state index contributed by atoms with van der Waals surface area (Å²) < 4.78 is 16.0. The van der Waals surface area contributed by atoms with Gasteiger partial charge in [-0.15, -0.1) is 11.3 Å². The van der Waals surface area contributed by atoms with E-state index in [-0.39, 0.29) is 5.56 Å². The number of hydrogen-bond acceptors (Lipinski definition) is 7. The van der Waals surface area contributed by atoms with Gasteiger partial charge in [0.1, 0.15) is 21.6 Å². The molecule has 0 bridgehead atoms. The predicted octanol–water partition coefficient (Wildman–Crippen LogP) is 2.78. The summed E-state index contributed by atoms with van der Waals surface area (Å²) >= 11 is 1.22. The lowest BCUT2D eigenvalue weighted by atomic mass is 10.1. The van der Waals surface area contributed by atoms with Gasteiger partial charge >= 0.3 is 0 Å². The number of ether oxygens (including phenoxy) is 3. The number of aryl methyl sites for hydroxylation is 1. The van der Waals surface area contributed by atoms with Crippen molar-refractivity contribution in [2.45, 2.75) is 13.3 Å². The Morgan fingerprint density at radius 2 is 1.85 bits per heavy atom. The number of nitriles is 1. The molecule has 2 aromatic heterocycles. The van der Waals surface area contributed by atoms with Gasteiger partial charge in [-0.3, -0.25) is 4.79 Å². The van der Waals surface area contributed by atoms with E-state index in [4.69, 9.17) is 19.5 Å². The van der Waals surface area contributed by atoms with Crippen LogP contribution in [0.1, 0.15) is 21.8 Å². The summed E-state index contributed by atoms with van der Waals surface area (Å²) in [5.41, 5.74) is 1.27. The maximum absolute atomic E-state index is 12.4. The number of methoxy groups -OCH3 is 3. The number of aromatic amines is 1. The van der Waals surface area contributed by atoms with E-state index in [0.717, 1.165) is 5.56 Å². The van der Waals surface area contributed by atoms with Crippen molar-refractivity contribution in [2.75, 3.05) is 21.3 Å². The number of H-pyrrole nitrogens is 1. The molecule has 0 spiro atoms. The predicted molar refractivity (Wildman–Crippen MR) is 98.6 cm³/mol. The van der Waals surface area contributed by atoms with Gasteiger partial charge in [-0.05, 0) is 30.2 Å². The first kappa shape index (κ1) is 17.8. The fourth-order valence-corrected chi connectivity index (χ4v) is 3.81. The van der Waals surface area contributed by atoms with Gasteiger partial charge in [0.25, 0.3) is 5.56 Å². The second kappa shape index (κ2) is 7.06. The summed E-state index contributed by atoms with van der Waals surface area (Å²) in [5, 5.41) is 9.63. The number of fused-ring (bicyclic) bond motifs is 1. The van der Waals surface area contributed by atoms with Gasteiger partial charge in [-0.2, -0.15) is 5.26 Å². The van der Waals surface area contributed by atoms with Gasteiger partial charge in [-0.25, -0.2) is 4.98 Å². The van der Waals surface area contributed by atoms with Crippen LogP contribution in [0.25, 0.3) is 10.2 Å². The molecule has 0 saturated carbocycles. The van der Waals surface area contributed by atoms with Crippen molar-refractivity contribution in [1.29, 1.82) is 5.26 Å². The van der Waals surface area contributed by atoms with Crippen molar-refractivity contribution in [3.05, 3.63) is 44.3 Å². The van der Waals surface area contributed by atoms with Crippen molar-refractivity contribution in [1.82, 2.24) is 9.97 Å². The number of nitrogens with zero attached hydrogens (tertiary/aromatic N) is 2. The molecule has 3 aromatic rings. The van der Waals surface area contributed by atoms with E-state index in [9.17, 15) is 4.79 Å².